The molecule has 3 saturated heterocycles. The Balaban J connectivity index is 1.25. The van der Waals surface area contributed by atoms with Crippen LogP contribution >= 0.6 is 0 Å². The second-order valence-corrected chi connectivity index (χ2v) is 10.2. The molecule has 0 N–H and O–H groups in total. The third-order valence-corrected chi connectivity index (χ3v) is 7.66. The summed E-state index contributed by atoms with van der Waals surface area (Å²) in [7, 11) is 0. The molecule has 8 nitrogen and oxygen atoms in total. The number of anilines is 2. The maximum atomic E-state index is 13.3. The largest absolute Gasteiger partial charge is 0.289 e. The molecule has 0 aromatic heterocycles. The van der Waals surface area contributed by atoms with E-state index in [0.29, 0.717) is 37.6 Å². The second-order valence-electron chi connectivity index (χ2n) is 10.2. The molecule has 2 atom stereocenters. The molecule has 0 bridgehead atoms. The van der Waals surface area contributed by atoms with Gasteiger partial charge in [0.15, 0.2) is 0 Å². The summed E-state index contributed by atoms with van der Waals surface area (Å²) in [4.78, 5) is 59.0. The van der Waals surface area contributed by atoms with Crippen LogP contribution in [0.25, 0.3) is 0 Å². The third-order valence-electron chi connectivity index (χ3n) is 7.66. The fraction of sp³-hybridized carbons (Fsp3) is 0.429. The zero-order chi connectivity index (χ0) is 25.7. The number of rotatable bonds is 4. The number of piperazine rings is 1. The molecule has 2 aromatic carbocycles. The van der Waals surface area contributed by atoms with Crippen molar-refractivity contribution in [3.05, 3.63) is 58.7 Å². The number of hydrogen-bond donors (Lipinski definition) is 0. The first-order valence-corrected chi connectivity index (χ1v) is 12.5. The van der Waals surface area contributed by atoms with Crippen LogP contribution in [0.4, 0.5) is 11.4 Å². The Kier molecular flexibility index (Phi) is 6.26. The van der Waals surface area contributed by atoms with Gasteiger partial charge < -0.3 is 0 Å². The maximum absolute atomic E-state index is 13.3. The third kappa shape index (κ3) is 4.14. The predicted molar refractivity (Wildman–Crippen MR) is 137 cm³/mol. The van der Waals surface area contributed by atoms with E-state index in [1.165, 1.54) is 9.80 Å². The highest BCUT2D eigenvalue weighted by Gasteiger charge is 2.47. The van der Waals surface area contributed by atoms with E-state index in [-0.39, 0.29) is 36.5 Å². The van der Waals surface area contributed by atoms with E-state index in [2.05, 4.69) is 0 Å². The molecule has 0 saturated carbocycles. The van der Waals surface area contributed by atoms with Crippen molar-refractivity contribution in [3.63, 3.8) is 0 Å². The lowest BCUT2D eigenvalue weighted by Crippen LogP contribution is -2.56. The number of imide groups is 2. The van der Waals surface area contributed by atoms with Crippen LogP contribution < -0.4 is 9.80 Å². The second kappa shape index (κ2) is 9.26. The average molecular weight is 489 g/mol. The Labute approximate surface area is 211 Å². The van der Waals surface area contributed by atoms with Crippen LogP contribution in [0.15, 0.2) is 36.4 Å². The lowest BCUT2D eigenvalue weighted by Gasteiger charge is -2.38. The van der Waals surface area contributed by atoms with Gasteiger partial charge in [0.05, 0.1) is 36.3 Å². The molecule has 4 amide bonds. The van der Waals surface area contributed by atoms with Crippen molar-refractivity contribution in [2.45, 2.75) is 52.6 Å². The molecule has 3 aliphatic rings. The summed E-state index contributed by atoms with van der Waals surface area (Å²) in [5.41, 5.74) is 5.27. The highest BCUT2D eigenvalue weighted by molar-refractivity contribution is 6.23. The SMILES string of the molecule is Cc1ccc(N2C(=O)CC(N3CCN(C4CC(=O)N(c5ccc(C)cc5C)C4=O)CC3)C2=O)c(C)c1. The van der Waals surface area contributed by atoms with Gasteiger partial charge in [-0.25, -0.2) is 9.80 Å². The summed E-state index contributed by atoms with van der Waals surface area (Å²) in [6, 6.07) is 10.5. The Morgan fingerprint density at radius 3 is 1.28 bits per heavy atom. The van der Waals surface area contributed by atoms with Crippen molar-refractivity contribution in [2.24, 2.45) is 0 Å². The Bertz CT molecular complexity index is 1170. The van der Waals surface area contributed by atoms with Crippen LogP contribution in [-0.4, -0.2) is 71.7 Å². The van der Waals surface area contributed by atoms with Gasteiger partial charge >= 0.3 is 0 Å². The fourth-order valence-corrected chi connectivity index (χ4v) is 5.78. The Morgan fingerprint density at radius 1 is 0.583 bits per heavy atom. The molecule has 188 valence electrons. The molecule has 0 radical (unpaired) electrons. The molecule has 2 unspecified atom stereocenters. The van der Waals surface area contributed by atoms with Gasteiger partial charge in [0.1, 0.15) is 0 Å². The molecular formula is C28H32N4O4. The predicted octanol–water partition coefficient (Wildman–Crippen LogP) is 2.50. The van der Waals surface area contributed by atoms with E-state index in [9.17, 15) is 19.2 Å². The van der Waals surface area contributed by atoms with Gasteiger partial charge in [-0.05, 0) is 51.0 Å². The van der Waals surface area contributed by atoms with Gasteiger partial charge in [-0.15, -0.1) is 0 Å². The first-order chi connectivity index (χ1) is 17.2. The summed E-state index contributed by atoms with van der Waals surface area (Å²) in [5.74, 6) is -0.734. The van der Waals surface area contributed by atoms with Crippen LogP contribution in [0, 0.1) is 27.7 Å². The minimum atomic E-state index is -0.493. The first kappa shape index (κ1) is 24.3. The van der Waals surface area contributed by atoms with E-state index in [1.54, 1.807) is 0 Å². The van der Waals surface area contributed by atoms with Crippen molar-refractivity contribution in [3.8, 4) is 0 Å². The van der Waals surface area contributed by atoms with Crippen LogP contribution in [0.2, 0.25) is 0 Å². The normalized spacial score (nSPS) is 23.9. The van der Waals surface area contributed by atoms with E-state index in [1.807, 2.05) is 73.9 Å². The Hall–Kier alpha value is -3.36. The maximum Gasteiger partial charge on any atom is 0.251 e. The van der Waals surface area contributed by atoms with Crippen LogP contribution in [0.3, 0.4) is 0 Å². The number of hydrogen-bond acceptors (Lipinski definition) is 6. The summed E-state index contributed by atoms with van der Waals surface area (Å²) in [6.45, 7) is 10.0. The molecule has 8 heteroatoms. The molecule has 2 aromatic rings. The smallest absolute Gasteiger partial charge is 0.251 e. The molecular weight excluding hydrogens is 456 g/mol. The molecule has 3 aliphatic heterocycles. The van der Waals surface area contributed by atoms with Crippen LogP contribution in [0.1, 0.15) is 35.1 Å². The van der Waals surface area contributed by atoms with Crippen molar-refractivity contribution >= 4 is 35.0 Å². The molecule has 36 heavy (non-hydrogen) atoms. The highest BCUT2D eigenvalue weighted by Crippen LogP contribution is 2.32. The van der Waals surface area contributed by atoms with E-state index < -0.39 is 12.1 Å². The van der Waals surface area contributed by atoms with Crippen molar-refractivity contribution in [1.29, 1.82) is 0 Å². The molecule has 5 rings (SSSR count). The molecule has 0 spiro atoms. The summed E-state index contributed by atoms with van der Waals surface area (Å²) in [5, 5.41) is 0. The molecule has 0 aliphatic carbocycles. The number of carbonyl (C=O) groups excluding carboxylic acids is 4. The quantitative estimate of drug-likeness (QED) is 0.616. The average Bonchev–Trinajstić information content (AvgIpc) is 3.29. The van der Waals surface area contributed by atoms with Gasteiger partial charge in [-0.1, -0.05) is 35.4 Å². The van der Waals surface area contributed by atoms with Crippen LogP contribution in [-0.2, 0) is 19.2 Å². The number of nitrogens with zero attached hydrogens (tertiary/aromatic N) is 4. The van der Waals surface area contributed by atoms with E-state index >= 15 is 0 Å². The summed E-state index contributed by atoms with van der Waals surface area (Å²) >= 11 is 0. The zero-order valence-corrected chi connectivity index (χ0v) is 21.3. The topological polar surface area (TPSA) is 81.2 Å². The monoisotopic (exact) mass is 488 g/mol. The number of carbonyl (C=O) groups is 4. The highest BCUT2D eigenvalue weighted by atomic mass is 16.2. The van der Waals surface area contributed by atoms with Gasteiger partial charge in [-0.3, -0.25) is 29.0 Å². The van der Waals surface area contributed by atoms with E-state index in [0.717, 1.165) is 22.3 Å². The molecule has 3 heterocycles. The van der Waals surface area contributed by atoms with Crippen molar-refractivity contribution in [1.82, 2.24) is 9.80 Å². The Morgan fingerprint density at radius 2 is 0.944 bits per heavy atom. The van der Waals surface area contributed by atoms with Gasteiger partial charge in [0, 0.05) is 26.2 Å². The number of amides is 4. The van der Waals surface area contributed by atoms with Gasteiger partial charge in [0.25, 0.3) is 11.8 Å². The number of aryl methyl sites for hydroxylation is 4. The number of benzene rings is 2. The van der Waals surface area contributed by atoms with Crippen LogP contribution in [0.5, 0.6) is 0 Å². The summed E-state index contributed by atoms with van der Waals surface area (Å²) < 4.78 is 0. The lowest BCUT2D eigenvalue weighted by molar-refractivity contribution is -0.126. The van der Waals surface area contributed by atoms with Gasteiger partial charge in [-0.2, -0.15) is 0 Å². The minimum absolute atomic E-state index is 0.160. The zero-order valence-electron chi connectivity index (χ0n) is 21.3. The van der Waals surface area contributed by atoms with Gasteiger partial charge in [0.2, 0.25) is 11.8 Å². The fourth-order valence-electron chi connectivity index (χ4n) is 5.78. The molecule has 3 fully saturated rings. The lowest BCUT2D eigenvalue weighted by atomic mass is 10.1. The summed E-state index contributed by atoms with van der Waals surface area (Å²) in [6.07, 6.45) is 0.320. The standard InChI is InChI=1S/C28H32N4O4/c1-17-5-7-21(19(3)13-17)31-25(33)15-23(27(31)35)29-9-11-30(12-10-29)24-16-26(34)32(28(24)36)22-8-6-18(2)14-20(22)4/h5-8,13-14,23-24H,9-12,15-16H2,1-4H3. The minimum Gasteiger partial charge on any atom is -0.289 e. The van der Waals surface area contributed by atoms with E-state index in [4.69, 9.17) is 0 Å². The van der Waals surface area contributed by atoms with Crippen molar-refractivity contribution < 1.29 is 19.2 Å². The van der Waals surface area contributed by atoms with Crippen molar-refractivity contribution in [2.75, 3.05) is 36.0 Å². The first-order valence-electron chi connectivity index (χ1n) is 12.5.